The lowest BCUT2D eigenvalue weighted by molar-refractivity contribution is -0.138. The summed E-state index contributed by atoms with van der Waals surface area (Å²) in [5.41, 5.74) is 0. The maximum absolute atomic E-state index is 5.66. The average molecular weight is 144 g/mol. The molecule has 0 aromatic rings. The highest BCUT2D eigenvalue weighted by Crippen LogP contribution is 2.12. The van der Waals surface area contributed by atoms with Gasteiger partial charge in [0.15, 0.2) is 0 Å². The van der Waals surface area contributed by atoms with Crippen molar-refractivity contribution < 1.29 is 9.47 Å². The summed E-state index contributed by atoms with van der Waals surface area (Å²) in [5, 5.41) is 0. The van der Waals surface area contributed by atoms with Crippen molar-refractivity contribution in [1.29, 1.82) is 0 Å². The van der Waals surface area contributed by atoms with Crippen LogP contribution >= 0.6 is 0 Å². The lowest BCUT2D eigenvalue weighted by atomic mass is 10.2. The summed E-state index contributed by atoms with van der Waals surface area (Å²) < 4.78 is 11.0. The summed E-state index contributed by atoms with van der Waals surface area (Å²) in [4.78, 5) is 0. The van der Waals surface area contributed by atoms with Gasteiger partial charge in [0, 0.05) is 0 Å². The molecule has 0 radical (unpaired) electrons. The van der Waals surface area contributed by atoms with Crippen molar-refractivity contribution in [3.05, 3.63) is 0 Å². The van der Waals surface area contributed by atoms with E-state index in [-0.39, 0.29) is 0 Å². The molecule has 1 aliphatic heterocycles. The topological polar surface area (TPSA) is 18.5 Å². The normalized spacial score (nSPS) is 34.2. The van der Waals surface area contributed by atoms with Gasteiger partial charge in [0.1, 0.15) is 0 Å². The van der Waals surface area contributed by atoms with Crippen LogP contribution in [0.1, 0.15) is 26.7 Å². The summed E-state index contributed by atoms with van der Waals surface area (Å²) >= 11 is 0. The van der Waals surface area contributed by atoms with Gasteiger partial charge in [0.25, 0.3) is 0 Å². The van der Waals surface area contributed by atoms with Crippen molar-refractivity contribution in [2.24, 2.45) is 0 Å². The molecule has 0 aromatic carbocycles. The minimum Gasteiger partial charge on any atom is -0.376 e. The van der Waals surface area contributed by atoms with Gasteiger partial charge in [0.05, 0.1) is 25.4 Å². The van der Waals surface area contributed by atoms with Crippen LogP contribution in [0, 0.1) is 0 Å². The van der Waals surface area contributed by atoms with Crippen molar-refractivity contribution in [3.63, 3.8) is 0 Å². The molecule has 60 valence electrons. The van der Waals surface area contributed by atoms with E-state index in [0.29, 0.717) is 12.2 Å². The Hall–Kier alpha value is -0.0800. The molecule has 1 aliphatic rings. The van der Waals surface area contributed by atoms with Gasteiger partial charge in [-0.05, 0) is 12.8 Å². The molecule has 0 aromatic heterocycles. The Balaban J connectivity index is 2.25. The van der Waals surface area contributed by atoms with E-state index in [2.05, 4.69) is 13.8 Å². The van der Waals surface area contributed by atoms with Gasteiger partial charge in [-0.3, -0.25) is 0 Å². The molecule has 0 bridgehead atoms. The molecule has 2 atom stereocenters. The first-order valence-electron chi connectivity index (χ1n) is 4.10. The smallest absolute Gasteiger partial charge is 0.0810 e. The van der Waals surface area contributed by atoms with Crippen LogP contribution < -0.4 is 0 Å². The van der Waals surface area contributed by atoms with Gasteiger partial charge in [-0.25, -0.2) is 0 Å². The van der Waals surface area contributed by atoms with E-state index < -0.39 is 0 Å². The second-order valence-electron chi connectivity index (χ2n) is 2.73. The lowest BCUT2D eigenvalue weighted by Gasteiger charge is -2.28. The Morgan fingerprint density at radius 3 is 2.00 bits per heavy atom. The summed E-state index contributed by atoms with van der Waals surface area (Å²) in [6, 6.07) is 0. The largest absolute Gasteiger partial charge is 0.376 e. The van der Waals surface area contributed by atoms with E-state index in [1.807, 2.05) is 0 Å². The quantitative estimate of drug-likeness (QED) is 0.586. The number of hydrogen-bond acceptors (Lipinski definition) is 2. The Morgan fingerprint density at radius 2 is 1.60 bits per heavy atom. The predicted molar refractivity (Wildman–Crippen MR) is 40.1 cm³/mol. The molecule has 1 heterocycles. The van der Waals surface area contributed by atoms with Crippen LogP contribution in [-0.2, 0) is 9.47 Å². The highest BCUT2D eigenvalue weighted by atomic mass is 16.6. The number of ether oxygens (including phenoxy) is 2. The Morgan fingerprint density at radius 1 is 1.10 bits per heavy atom. The van der Waals surface area contributed by atoms with E-state index >= 15 is 0 Å². The van der Waals surface area contributed by atoms with Crippen molar-refractivity contribution in [2.45, 2.75) is 38.9 Å². The first-order chi connectivity index (χ1) is 4.86. The van der Waals surface area contributed by atoms with E-state index in [4.69, 9.17) is 9.47 Å². The van der Waals surface area contributed by atoms with Gasteiger partial charge in [-0.1, -0.05) is 13.8 Å². The van der Waals surface area contributed by atoms with E-state index in [9.17, 15) is 0 Å². The van der Waals surface area contributed by atoms with Gasteiger partial charge < -0.3 is 9.47 Å². The summed E-state index contributed by atoms with van der Waals surface area (Å²) in [7, 11) is 0. The molecule has 0 amide bonds. The monoisotopic (exact) mass is 144 g/mol. The summed E-state index contributed by atoms with van der Waals surface area (Å²) in [5.74, 6) is 0. The zero-order chi connectivity index (χ0) is 7.40. The van der Waals surface area contributed by atoms with Crippen LogP contribution in [0.25, 0.3) is 0 Å². The van der Waals surface area contributed by atoms with Crippen LogP contribution in [0.15, 0.2) is 0 Å². The minimum absolute atomic E-state index is 0.346. The van der Waals surface area contributed by atoms with Gasteiger partial charge in [-0.15, -0.1) is 0 Å². The van der Waals surface area contributed by atoms with Crippen LogP contribution in [-0.4, -0.2) is 25.4 Å². The minimum atomic E-state index is 0.346. The first kappa shape index (κ1) is 8.02. The molecule has 0 unspecified atom stereocenters. The Kier molecular flexibility index (Phi) is 3.16. The fourth-order valence-corrected chi connectivity index (χ4v) is 1.11. The van der Waals surface area contributed by atoms with E-state index in [1.165, 1.54) is 0 Å². The maximum atomic E-state index is 5.66. The van der Waals surface area contributed by atoms with Gasteiger partial charge in [-0.2, -0.15) is 0 Å². The standard InChI is InChI=1S/C8H16O2/c1-3-7-5-9-6-8(4-2)10-7/h7-8H,3-6H2,1-2H3/t7-,8+. The third-order valence-corrected chi connectivity index (χ3v) is 1.90. The van der Waals surface area contributed by atoms with Crippen LogP contribution in [0.4, 0.5) is 0 Å². The van der Waals surface area contributed by atoms with Crippen LogP contribution in [0.2, 0.25) is 0 Å². The molecule has 2 heteroatoms. The molecule has 0 N–H and O–H groups in total. The van der Waals surface area contributed by atoms with Crippen molar-refractivity contribution in [3.8, 4) is 0 Å². The first-order valence-corrected chi connectivity index (χ1v) is 4.10. The third kappa shape index (κ3) is 1.96. The maximum Gasteiger partial charge on any atom is 0.0810 e. The molecule has 0 aliphatic carbocycles. The second-order valence-corrected chi connectivity index (χ2v) is 2.73. The van der Waals surface area contributed by atoms with Crippen molar-refractivity contribution in [1.82, 2.24) is 0 Å². The Bertz CT molecular complexity index is 83.3. The molecule has 0 saturated carbocycles. The van der Waals surface area contributed by atoms with Gasteiger partial charge >= 0.3 is 0 Å². The lowest BCUT2D eigenvalue weighted by Crippen LogP contribution is -2.35. The van der Waals surface area contributed by atoms with Crippen molar-refractivity contribution >= 4 is 0 Å². The SMILES string of the molecule is CC[C@@H]1COC[C@H](CC)O1. The number of rotatable bonds is 2. The molecular formula is C8H16O2. The van der Waals surface area contributed by atoms with E-state index in [0.717, 1.165) is 26.1 Å². The molecule has 1 saturated heterocycles. The molecule has 1 fully saturated rings. The van der Waals surface area contributed by atoms with Crippen LogP contribution in [0.5, 0.6) is 0 Å². The fraction of sp³-hybridized carbons (Fsp3) is 1.00. The summed E-state index contributed by atoms with van der Waals surface area (Å²) in [6.07, 6.45) is 2.82. The highest BCUT2D eigenvalue weighted by molar-refractivity contribution is 4.65. The predicted octanol–water partition coefficient (Wildman–Crippen LogP) is 1.59. The third-order valence-electron chi connectivity index (χ3n) is 1.90. The molecule has 2 nitrogen and oxygen atoms in total. The zero-order valence-electron chi connectivity index (χ0n) is 6.80. The molecular weight excluding hydrogens is 128 g/mol. The van der Waals surface area contributed by atoms with Crippen LogP contribution in [0.3, 0.4) is 0 Å². The molecule has 10 heavy (non-hydrogen) atoms. The van der Waals surface area contributed by atoms with Gasteiger partial charge in [0.2, 0.25) is 0 Å². The Labute approximate surface area is 62.5 Å². The molecule has 1 rings (SSSR count). The fourth-order valence-electron chi connectivity index (χ4n) is 1.11. The highest BCUT2D eigenvalue weighted by Gasteiger charge is 2.19. The van der Waals surface area contributed by atoms with E-state index in [1.54, 1.807) is 0 Å². The number of hydrogen-bond donors (Lipinski definition) is 0. The zero-order valence-corrected chi connectivity index (χ0v) is 6.80. The molecule has 0 spiro atoms. The average Bonchev–Trinajstić information content (AvgIpc) is 2.05. The second kappa shape index (κ2) is 3.94. The van der Waals surface area contributed by atoms with Crippen molar-refractivity contribution in [2.75, 3.05) is 13.2 Å². The summed E-state index contributed by atoms with van der Waals surface area (Å²) in [6.45, 7) is 5.83.